The number of ketones is 1. The molecule has 0 saturated carbocycles. The molecule has 0 spiro atoms. The lowest BCUT2D eigenvalue weighted by Crippen LogP contribution is -2.17. The third kappa shape index (κ3) is 3.79. The molecule has 3 heterocycles. The van der Waals surface area contributed by atoms with Gasteiger partial charge < -0.3 is 4.40 Å². The molecule has 0 fully saturated rings. The van der Waals surface area contributed by atoms with Crippen molar-refractivity contribution in [1.82, 2.24) is 14.8 Å². The number of nitrogens with one attached hydrogen (secondary N) is 1. The molecule has 0 unspecified atom stereocenters. The van der Waals surface area contributed by atoms with Crippen molar-refractivity contribution in [3.05, 3.63) is 106 Å². The van der Waals surface area contributed by atoms with E-state index in [9.17, 15) is 9.59 Å². The van der Waals surface area contributed by atoms with Gasteiger partial charge >= 0.3 is 0 Å². The number of amides is 1. The number of fused-ring (bicyclic) bond motifs is 1. The standard InChI is InChI=1S/C23H17BrN4O2/c1-15-19(14-26-27-23(30)17-5-7-18(24)8-6-17)20-4-2-3-13-28(20)21(15)22(29)16-9-11-25-12-10-16/h2-14H,1H3,(H,27,30)/b26-14-. The summed E-state index contributed by atoms with van der Waals surface area (Å²) >= 11 is 3.34. The van der Waals surface area contributed by atoms with E-state index in [1.165, 1.54) is 0 Å². The molecule has 4 rings (SSSR count). The average Bonchev–Trinajstić information content (AvgIpc) is 3.05. The number of hydrogen-bond donors (Lipinski definition) is 1. The van der Waals surface area contributed by atoms with Gasteiger partial charge in [0.2, 0.25) is 5.78 Å². The van der Waals surface area contributed by atoms with Gasteiger partial charge in [0.05, 0.1) is 17.4 Å². The van der Waals surface area contributed by atoms with Gasteiger partial charge in [0.1, 0.15) is 0 Å². The number of aromatic nitrogens is 2. The lowest BCUT2D eigenvalue weighted by Gasteiger charge is -2.03. The number of hydrazone groups is 1. The van der Waals surface area contributed by atoms with Crippen molar-refractivity contribution >= 4 is 39.4 Å². The number of nitrogens with zero attached hydrogens (tertiary/aromatic N) is 3. The smallest absolute Gasteiger partial charge is 0.271 e. The number of rotatable bonds is 5. The van der Waals surface area contributed by atoms with Crippen LogP contribution in [-0.4, -0.2) is 27.3 Å². The number of halogens is 1. The van der Waals surface area contributed by atoms with E-state index in [0.717, 1.165) is 21.1 Å². The van der Waals surface area contributed by atoms with Crippen LogP contribution in [0.3, 0.4) is 0 Å². The summed E-state index contributed by atoms with van der Waals surface area (Å²) in [6, 6.07) is 16.1. The zero-order valence-corrected chi connectivity index (χ0v) is 17.6. The molecule has 1 amide bonds. The van der Waals surface area contributed by atoms with Gasteiger partial charge in [-0.1, -0.05) is 22.0 Å². The number of pyridine rings is 2. The third-order valence-corrected chi connectivity index (χ3v) is 5.29. The summed E-state index contributed by atoms with van der Waals surface area (Å²) < 4.78 is 2.74. The summed E-state index contributed by atoms with van der Waals surface area (Å²) in [5, 5.41) is 4.13. The Labute approximate surface area is 181 Å². The van der Waals surface area contributed by atoms with E-state index in [4.69, 9.17) is 0 Å². The molecule has 0 aliphatic carbocycles. The van der Waals surface area contributed by atoms with Gasteiger partial charge in [0, 0.05) is 39.8 Å². The second kappa shape index (κ2) is 8.42. The Morgan fingerprint density at radius 3 is 2.50 bits per heavy atom. The van der Waals surface area contributed by atoms with E-state index < -0.39 is 0 Å². The summed E-state index contributed by atoms with van der Waals surface area (Å²) in [6.45, 7) is 1.87. The number of hydrogen-bond acceptors (Lipinski definition) is 4. The second-order valence-electron chi connectivity index (χ2n) is 6.61. The molecule has 0 bridgehead atoms. The van der Waals surface area contributed by atoms with Crippen LogP contribution in [-0.2, 0) is 0 Å². The maximum absolute atomic E-state index is 13.1. The monoisotopic (exact) mass is 460 g/mol. The minimum absolute atomic E-state index is 0.102. The summed E-state index contributed by atoms with van der Waals surface area (Å²) in [5.74, 6) is -0.414. The molecule has 4 aromatic rings. The van der Waals surface area contributed by atoms with Gasteiger partial charge in [-0.3, -0.25) is 14.6 Å². The molecule has 0 atom stereocenters. The van der Waals surface area contributed by atoms with E-state index in [1.54, 1.807) is 55.0 Å². The van der Waals surface area contributed by atoms with Crippen LogP contribution in [0.15, 0.2) is 82.8 Å². The number of benzene rings is 1. The average molecular weight is 461 g/mol. The molecule has 0 aliphatic rings. The zero-order valence-electron chi connectivity index (χ0n) is 16.0. The van der Waals surface area contributed by atoms with Crippen molar-refractivity contribution in [2.75, 3.05) is 0 Å². The predicted molar refractivity (Wildman–Crippen MR) is 119 cm³/mol. The van der Waals surface area contributed by atoms with E-state index >= 15 is 0 Å². The maximum Gasteiger partial charge on any atom is 0.271 e. The van der Waals surface area contributed by atoms with E-state index in [2.05, 4.69) is 31.4 Å². The van der Waals surface area contributed by atoms with Gasteiger partial charge in [-0.15, -0.1) is 0 Å². The Balaban J connectivity index is 1.67. The Hall–Kier alpha value is -3.58. The first kappa shape index (κ1) is 19.7. The van der Waals surface area contributed by atoms with Crippen LogP contribution < -0.4 is 5.43 Å². The molecule has 148 valence electrons. The minimum atomic E-state index is -0.312. The van der Waals surface area contributed by atoms with Crippen molar-refractivity contribution in [3.8, 4) is 0 Å². The number of carbonyl (C=O) groups is 2. The van der Waals surface area contributed by atoms with Gasteiger partial charge in [-0.25, -0.2) is 5.43 Å². The predicted octanol–water partition coefficient (Wildman–Crippen LogP) is 4.40. The Morgan fingerprint density at radius 1 is 1.03 bits per heavy atom. The Kier molecular flexibility index (Phi) is 5.54. The summed E-state index contributed by atoms with van der Waals surface area (Å²) in [4.78, 5) is 29.4. The van der Waals surface area contributed by atoms with Crippen molar-refractivity contribution in [2.24, 2.45) is 5.10 Å². The highest BCUT2D eigenvalue weighted by Gasteiger charge is 2.20. The van der Waals surface area contributed by atoms with Crippen LogP contribution in [0.4, 0.5) is 0 Å². The van der Waals surface area contributed by atoms with Crippen LogP contribution in [0, 0.1) is 6.92 Å². The normalized spacial score (nSPS) is 11.1. The van der Waals surface area contributed by atoms with E-state index in [0.29, 0.717) is 16.8 Å². The topological polar surface area (TPSA) is 75.8 Å². The van der Waals surface area contributed by atoms with Crippen LogP contribution in [0.1, 0.15) is 37.5 Å². The highest BCUT2D eigenvalue weighted by Crippen LogP contribution is 2.24. The van der Waals surface area contributed by atoms with Gasteiger partial charge in [-0.2, -0.15) is 5.10 Å². The molecule has 6 nitrogen and oxygen atoms in total. The van der Waals surface area contributed by atoms with Crippen molar-refractivity contribution in [2.45, 2.75) is 6.92 Å². The van der Waals surface area contributed by atoms with Crippen molar-refractivity contribution < 1.29 is 9.59 Å². The Morgan fingerprint density at radius 2 is 1.77 bits per heavy atom. The summed E-state index contributed by atoms with van der Waals surface area (Å²) in [6.07, 6.45) is 6.61. The molecule has 0 aliphatic heterocycles. The van der Waals surface area contributed by atoms with Crippen LogP contribution in [0.25, 0.3) is 5.52 Å². The minimum Gasteiger partial charge on any atom is -0.313 e. The molecule has 0 radical (unpaired) electrons. The van der Waals surface area contributed by atoms with Crippen LogP contribution >= 0.6 is 15.9 Å². The van der Waals surface area contributed by atoms with Crippen molar-refractivity contribution in [3.63, 3.8) is 0 Å². The fraction of sp³-hybridized carbons (Fsp3) is 0.0435. The highest BCUT2D eigenvalue weighted by atomic mass is 79.9. The van der Waals surface area contributed by atoms with E-state index in [1.807, 2.05) is 35.7 Å². The first-order valence-electron chi connectivity index (χ1n) is 9.19. The Bertz CT molecular complexity index is 1260. The fourth-order valence-corrected chi connectivity index (χ4v) is 3.53. The van der Waals surface area contributed by atoms with E-state index in [-0.39, 0.29) is 11.7 Å². The van der Waals surface area contributed by atoms with Crippen LogP contribution in [0.2, 0.25) is 0 Å². The largest absolute Gasteiger partial charge is 0.313 e. The number of carbonyl (C=O) groups excluding carboxylic acids is 2. The molecule has 30 heavy (non-hydrogen) atoms. The lowest BCUT2D eigenvalue weighted by molar-refractivity contribution is 0.0954. The van der Waals surface area contributed by atoms with Gasteiger partial charge in [0.25, 0.3) is 5.91 Å². The first-order chi connectivity index (χ1) is 14.6. The molecular formula is C23H17BrN4O2. The lowest BCUT2D eigenvalue weighted by atomic mass is 10.1. The maximum atomic E-state index is 13.1. The second-order valence-corrected chi connectivity index (χ2v) is 7.53. The summed E-state index contributed by atoms with van der Waals surface area (Å²) in [5.41, 5.74) is 6.53. The third-order valence-electron chi connectivity index (χ3n) is 4.76. The SMILES string of the molecule is Cc1c(/C=N\NC(=O)c2ccc(Br)cc2)c2ccccn2c1C(=O)c1ccncc1. The summed E-state index contributed by atoms with van der Waals surface area (Å²) in [7, 11) is 0. The molecule has 1 N–H and O–H groups in total. The molecule has 3 aromatic heterocycles. The quantitative estimate of drug-likeness (QED) is 0.272. The molecule has 7 heteroatoms. The molecular weight excluding hydrogens is 444 g/mol. The first-order valence-corrected chi connectivity index (χ1v) is 9.99. The van der Waals surface area contributed by atoms with Crippen molar-refractivity contribution in [1.29, 1.82) is 0 Å². The molecule has 1 aromatic carbocycles. The van der Waals surface area contributed by atoms with Crippen LogP contribution in [0.5, 0.6) is 0 Å². The molecule has 0 saturated heterocycles. The van der Waals surface area contributed by atoms with Gasteiger partial charge in [-0.05, 0) is 61.0 Å². The highest BCUT2D eigenvalue weighted by molar-refractivity contribution is 9.10. The fourth-order valence-electron chi connectivity index (χ4n) is 3.26. The zero-order chi connectivity index (χ0) is 21.1. The van der Waals surface area contributed by atoms with Gasteiger partial charge in [0.15, 0.2) is 0 Å².